The van der Waals surface area contributed by atoms with Crippen LogP contribution < -0.4 is 11.5 Å². The van der Waals surface area contributed by atoms with Gasteiger partial charge in [-0.05, 0) is 25.5 Å². The summed E-state index contributed by atoms with van der Waals surface area (Å²) < 4.78 is 4.93. The van der Waals surface area contributed by atoms with Gasteiger partial charge in [-0.1, -0.05) is 0 Å². The van der Waals surface area contributed by atoms with Crippen molar-refractivity contribution in [1.29, 1.82) is 0 Å². The smallest absolute Gasteiger partial charge is 0.0730 e. The molecule has 0 bridgehead atoms. The van der Waals surface area contributed by atoms with Gasteiger partial charge in [0.1, 0.15) is 0 Å². The number of hydrogen-bond donors (Lipinski definition) is 2. The molecule has 0 aliphatic heterocycles. The Morgan fingerprint density at radius 1 is 1.36 bits per heavy atom. The van der Waals surface area contributed by atoms with Crippen molar-refractivity contribution in [2.45, 2.75) is 13.8 Å². The molecule has 0 saturated carbocycles. The minimum atomic E-state index is 0.511. The van der Waals surface area contributed by atoms with Gasteiger partial charge in [0.25, 0.3) is 0 Å². The highest BCUT2D eigenvalue weighted by Crippen LogP contribution is 2.02. The van der Waals surface area contributed by atoms with E-state index in [1.165, 1.54) is 0 Å². The van der Waals surface area contributed by atoms with E-state index in [1.54, 1.807) is 7.11 Å². The number of hydrogen-bond acceptors (Lipinski definition) is 3. The molecule has 0 unspecified atom stereocenters. The molecule has 0 atom stereocenters. The van der Waals surface area contributed by atoms with E-state index in [4.69, 9.17) is 16.2 Å². The molecule has 0 aliphatic carbocycles. The Balaban J connectivity index is 4.38. The summed E-state index contributed by atoms with van der Waals surface area (Å²) in [7, 11) is 1.63. The predicted octanol–water partition coefficient (Wildman–Crippen LogP) is 0.728. The average Bonchev–Trinajstić information content (AvgIpc) is 1.86. The molecule has 0 fully saturated rings. The first-order valence-electron chi connectivity index (χ1n) is 3.46. The molecule has 0 aromatic heterocycles. The number of allylic oxidation sites excluding steroid dienone is 2. The lowest BCUT2D eigenvalue weighted by molar-refractivity contribution is 0.227. The molecule has 0 aliphatic rings. The number of nitrogens with two attached hydrogens (primary N) is 2. The number of methoxy groups -OCH3 is 1. The van der Waals surface area contributed by atoms with Crippen LogP contribution in [0.25, 0.3) is 0 Å². The Labute approximate surface area is 67.7 Å². The van der Waals surface area contributed by atoms with Gasteiger partial charge in [0.2, 0.25) is 0 Å². The van der Waals surface area contributed by atoms with Crippen LogP contribution in [0.4, 0.5) is 0 Å². The Bertz CT molecular complexity index is 175. The van der Waals surface area contributed by atoms with Crippen LogP contribution in [-0.2, 0) is 4.74 Å². The highest BCUT2D eigenvalue weighted by Gasteiger charge is 1.95. The second kappa shape index (κ2) is 4.79. The fraction of sp³-hybridized carbons (Fsp3) is 0.500. The maximum atomic E-state index is 5.57. The summed E-state index contributed by atoms with van der Waals surface area (Å²) in [5, 5.41) is 0. The minimum absolute atomic E-state index is 0.511. The van der Waals surface area contributed by atoms with Crippen molar-refractivity contribution in [1.82, 2.24) is 0 Å². The Morgan fingerprint density at radius 2 is 1.91 bits per heavy atom. The Hall–Kier alpha value is -0.960. The van der Waals surface area contributed by atoms with Crippen molar-refractivity contribution in [2.75, 3.05) is 13.7 Å². The number of rotatable bonds is 3. The number of ether oxygens (including phenoxy) is 1. The lowest BCUT2D eigenvalue weighted by Gasteiger charge is -2.03. The highest BCUT2D eigenvalue weighted by atomic mass is 16.5. The zero-order valence-electron chi connectivity index (χ0n) is 7.35. The molecule has 0 aromatic carbocycles. The van der Waals surface area contributed by atoms with E-state index in [2.05, 4.69) is 0 Å². The molecular weight excluding hydrogens is 140 g/mol. The van der Waals surface area contributed by atoms with Gasteiger partial charge in [-0.3, -0.25) is 0 Å². The summed E-state index contributed by atoms with van der Waals surface area (Å²) in [5.41, 5.74) is 13.5. The molecule has 64 valence electrons. The van der Waals surface area contributed by atoms with Gasteiger partial charge in [-0.25, -0.2) is 0 Å². The highest BCUT2D eigenvalue weighted by molar-refractivity contribution is 5.25. The van der Waals surface area contributed by atoms with E-state index in [1.807, 2.05) is 19.9 Å². The molecule has 0 radical (unpaired) electrons. The first-order chi connectivity index (χ1) is 5.07. The SMILES string of the molecule is COCC(/C=C(\C)N)=C(/C)N. The van der Waals surface area contributed by atoms with Crippen LogP contribution in [0, 0.1) is 0 Å². The molecular formula is C8H16N2O. The normalized spacial score (nSPS) is 14.6. The van der Waals surface area contributed by atoms with E-state index in [0.717, 1.165) is 17.0 Å². The minimum Gasteiger partial charge on any atom is -0.402 e. The quantitative estimate of drug-likeness (QED) is 0.592. The van der Waals surface area contributed by atoms with Gasteiger partial charge in [-0.15, -0.1) is 0 Å². The first-order valence-corrected chi connectivity index (χ1v) is 3.46. The Kier molecular flexibility index (Phi) is 4.38. The van der Waals surface area contributed by atoms with E-state index in [9.17, 15) is 0 Å². The van der Waals surface area contributed by atoms with Crippen LogP contribution >= 0.6 is 0 Å². The first kappa shape index (κ1) is 10.0. The van der Waals surface area contributed by atoms with Crippen molar-refractivity contribution >= 4 is 0 Å². The third kappa shape index (κ3) is 4.44. The van der Waals surface area contributed by atoms with Gasteiger partial charge in [0.05, 0.1) is 6.61 Å². The molecule has 3 nitrogen and oxygen atoms in total. The molecule has 3 heteroatoms. The summed E-state index contributed by atoms with van der Waals surface area (Å²) in [5.74, 6) is 0. The van der Waals surface area contributed by atoms with Crippen molar-refractivity contribution < 1.29 is 4.74 Å². The topological polar surface area (TPSA) is 61.3 Å². The summed E-state index contributed by atoms with van der Waals surface area (Å²) in [4.78, 5) is 0. The fourth-order valence-electron chi connectivity index (χ4n) is 0.700. The second-order valence-electron chi connectivity index (χ2n) is 2.53. The van der Waals surface area contributed by atoms with Gasteiger partial charge < -0.3 is 16.2 Å². The third-order valence-corrected chi connectivity index (χ3v) is 1.21. The summed E-state index contributed by atoms with van der Waals surface area (Å²) in [6.07, 6.45) is 1.82. The molecule has 11 heavy (non-hydrogen) atoms. The lowest BCUT2D eigenvalue weighted by Crippen LogP contribution is -2.04. The predicted molar refractivity (Wildman–Crippen MR) is 46.7 cm³/mol. The zero-order valence-corrected chi connectivity index (χ0v) is 7.35. The maximum Gasteiger partial charge on any atom is 0.0730 e. The van der Waals surface area contributed by atoms with Crippen LogP contribution in [0.15, 0.2) is 23.0 Å². The Morgan fingerprint density at radius 3 is 2.18 bits per heavy atom. The van der Waals surface area contributed by atoms with E-state index in [-0.39, 0.29) is 0 Å². The lowest BCUT2D eigenvalue weighted by atomic mass is 10.2. The molecule has 0 rings (SSSR count). The van der Waals surface area contributed by atoms with Crippen LogP contribution in [-0.4, -0.2) is 13.7 Å². The van der Waals surface area contributed by atoms with Crippen molar-refractivity contribution in [3.63, 3.8) is 0 Å². The molecule has 0 amide bonds. The standard InChI is InChI=1S/C8H16N2O/c1-6(9)4-8(5-11-3)7(2)10/h4H,5,9-10H2,1-3H3/b6-4+,8-7-. The molecule has 0 spiro atoms. The van der Waals surface area contributed by atoms with Crippen molar-refractivity contribution in [3.8, 4) is 0 Å². The second-order valence-corrected chi connectivity index (χ2v) is 2.53. The third-order valence-electron chi connectivity index (χ3n) is 1.21. The van der Waals surface area contributed by atoms with Gasteiger partial charge in [0, 0.05) is 18.5 Å². The molecule has 0 saturated heterocycles. The average molecular weight is 156 g/mol. The molecule has 4 N–H and O–H groups in total. The maximum absolute atomic E-state index is 5.57. The van der Waals surface area contributed by atoms with E-state index >= 15 is 0 Å². The van der Waals surface area contributed by atoms with Crippen LogP contribution in [0.5, 0.6) is 0 Å². The van der Waals surface area contributed by atoms with Crippen molar-refractivity contribution in [2.24, 2.45) is 11.5 Å². The fourth-order valence-corrected chi connectivity index (χ4v) is 0.700. The monoisotopic (exact) mass is 156 g/mol. The molecule has 0 aromatic rings. The van der Waals surface area contributed by atoms with Gasteiger partial charge in [-0.2, -0.15) is 0 Å². The van der Waals surface area contributed by atoms with Gasteiger partial charge in [0.15, 0.2) is 0 Å². The van der Waals surface area contributed by atoms with Crippen molar-refractivity contribution in [3.05, 3.63) is 23.0 Å². The summed E-state index contributed by atoms with van der Waals surface area (Å²) in [6.45, 7) is 4.16. The van der Waals surface area contributed by atoms with E-state index in [0.29, 0.717) is 6.61 Å². The van der Waals surface area contributed by atoms with Crippen LogP contribution in [0.1, 0.15) is 13.8 Å². The zero-order chi connectivity index (χ0) is 8.85. The van der Waals surface area contributed by atoms with E-state index < -0.39 is 0 Å². The van der Waals surface area contributed by atoms with Crippen LogP contribution in [0.2, 0.25) is 0 Å². The summed E-state index contributed by atoms with van der Waals surface area (Å²) >= 11 is 0. The molecule has 0 heterocycles. The van der Waals surface area contributed by atoms with Gasteiger partial charge >= 0.3 is 0 Å². The summed E-state index contributed by atoms with van der Waals surface area (Å²) in [6, 6.07) is 0. The van der Waals surface area contributed by atoms with Crippen LogP contribution in [0.3, 0.4) is 0 Å². The largest absolute Gasteiger partial charge is 0.402 e.